The van der Waals surface area contributed by atoms with Gasteiger partial charge >= 0.3 is 5.97 Å². The van der Waals surface area contributed by atoms with Gasteiger partial charge in [0.2, 0.25) is 11.2 Å². The molecular weight excluding hydrogens is 392 g/mol. The van der Waals surface area contributed by atoms with Crippen LogP contribution in [0.25, 0.3) is 28.4 Å². The maximum Gasteiger partial charge on any atom is 0.336 e. The summed E-state index contributed by atoms with van der Waals surface area (Å²) in [5.41, 5.74) is 1.52. The van der Waals surface area contributed by atoms with Crippen LogP contribution in [0, 0.1) is 6.92 Å². The standard InChI is InChI=1S/C23H15ClO5/c1-14-4-6-15(7-5-14)22-23(29-20(25)11-9-17-3-2-12-27-17)21(26)18-13-16(24)8-10-19(18)28-22/h2-13H,1H3/b11-9+. The van der Waals surface area contributed by atoms with Crippen molar-refractivity contribution in [1.29, 1.82) is 0 Å². The van der Waals surface area contributed by atoms with Crippen molar-refractivity contribution in [1.82, 2.24) is 0 Å². The topological polar surface area (TPSA) is 69.7 Å². The minimum Gasteiger partial charge on any atom is -0.465 e. The molecular formula is C23H15ClO5. The third-order valence-electron chi connectivity index (χ3n) is 4.25. The van der Waals surface area contributed by atoms with Gasteiger partial charge in [0, 0.05) is 16.7 Å². The SMILES string of the molecule is Cc1ccc(-c2oc3ccc(Cl)cc3c(=O)c2OC(=O)/C=C/c2ccco2)cc1. The van der Waals surface area contributed by atoms with Crippen molar-refractivity contribution in [3.63, 3.8) is 0 Å². The van der Waals surface area contributed by atoms with E-state index in [2.05, 4.69) is 0 Å². The molecule has 0 spiro atoms. The molecule has 0 aliphatic heterocycles. The molecule has 6 heteroatoms. The molecule has 2 aromatic heterocycles. The minimum absolute atomic E-state index is 0.171. The number of esters is 1. The highest BCUT2D eigenvalue weighted by atomic mass is 35.5. The fourth-order valence-corrected chi connectivity index (χ4v) is 2.98. The number of aryl methyl sites for hydroxylation is 1. The van der Waals surface area contributed by atoms with Gasteiger partial charge in [-0.25, -0.2) is 4.79 Å². The summed E-state index contributed by atoms with van der Waals surface area (Å²) in [6.45, 7) is 1.95. The van der Waals surface area contributed by atoms with Crippen LogP contribution in [0.2, 0.25) is 5.02 Å². The number of carbonyl (C=O) groups is 1. The summed E-state index contributed by atoms with van der Waals surface area (Å²) < 4.78 is 16.5. The predicted molar refractivity (Wildman–Crippen MR) is 111 cm³/mol. The van der Waals surface area contributed by atoms with Gasteiger partial charge in [0.25, 0.3) is 0 Å². The fourth-order valence-electron chi connectivity index (χ4n) is 2.81. The molecule has 0 saturated heterocycles. The van der Waals surface area contributed by atoms with E-state index in [9.17, 15) is 9.59 Å². The Morgan fingerprint density at radius 2 is 1.90 bits per heavy atom. The summed E-state index contributed by atoms with van der Waals surface area (Å²) in [6, 6.07) is 15.5. The predicted octanol–water partition coefficient (Wildman–Crippen LogP) is 5.63. The molecule has 2 heterocycles. The number of benzene rings is 2. The van der Waals surface area contributed by atoms with E-state index in [1.54, 1.807) is 36.4 Å². The van der Waals surface area contributed by atoms with Crippen LogP contribution in [0.1, 0.15) is 11.3 Å². The molecule has 0 fully saturated rings. The number of hydrogen-bond donors (Lipinski definition) is 0. The summed E-state index contributed by atoms with van der Waals surface area (Å²) in [5.74, 6) is -0.274. The van der Waals surface area contributed by atoms with Gasteiger partial charge in [-0.15, -0.1) is 0 Å². The Labute approximate surface area is 170 Å². The number of hydrogen-bond acceptors (Lipinski definition) is 5. The molecule has 0 N–H and O–H groups in total. The highest BCUT2D eigenvalue weighted by Crippen LogP contribution is 2.32. The Balaban J connectivity index is 1.82. The van der Waals surface area contributed by atoms with Gasteiger partial charge in [0.05, 0.1) is 11.6 Å². The molecule has 4 aromatic rings. The average molecular weight is 407 g/mol. The third kappa shape index (κ3) is 4.00. The first-order valence-electron chi connectivity index (χ1n) is 8.78. The Morgan fingerprint density at radius 3 is 2.62 bits per heavy atom. The summed E-state index contributed by atoms with van der Waals surface area (Å²) in [5, 5.41) is 0.606. The number of fused-ring (bicyclic) bond motifs is 1. The summed E-state index contributed by atoms with van der Waals surface area (Å²) >= 11 is 6.02. The van der Waals surface area contributed by atoms with E-state index in [0.29, 0.717) is 21.9 Å². The molecule has 0 amide bonds. The zero-order valence-electron chi connectivity index (χ0n) is 15.3. The van der Waals surface area contributed by atoms with Crippen molar-refractivity contribution in [3.8, 4) is 17.1 Å². The van der Waals surface area contributed by atoms with E-state index >= 15 is 0 Å². The fraction of sp³-hybridized carbons (Fsp3) is 0.0435. The van der Waals surface area contributed by atoms with E-state index in [1.807, 2.05) is 19.1 Å². The second-order valence-corrected chi connectivity index (χ2v) is 6.80. The lowest BCUT2D eigenvalue weighted by atomic mass is 10.1. The van der Waals surface area contributed by atoms with Crippen LogP contribution in [0.4, 0.5) is 0 Å². The summed E-state index contributed by atoms with van der Waals surface area (Å²) in [7, 11) is 0. The molecule has 0 radical (unpaired) electrons. The molecule has 0 aliphatic rings. The third-order valence-corrected chi connectivity index (χ3v) is 4.49. The first-order chi connectivity index (χ1) is 14.0. The van der Waals surface area contributed by atoms with Gasteiger partial charge in [0.1, 0.15) is 11.3 Å². The molecule has 0 unspecified atom stereocenters. The zero-order chi connectivity index (χ0) is 20.4. The van der Waals surface area contributed by atoms with Crippen molar-refractivity contribution in [2.45, 2.75) is 6.92 Å². The Kier molecular flexibility index (Phi) is 5.06. The Hall–Kier alpha value is -3.57. The van der Waals surface area contributed by atoms with Crippen LogP contribution in [0.5, 0.6) is 5.75 Å². The highest BCUT2D eigenvalue weighted by molar-refractivity contribution is 6.31. The number of halogens is 1. The molecule has 5 nitrogen and oxygen atoms in total. The summed E-state index contributed by atoms with van der Waals surface area (Å²) in [4.78, 5) is 25.4. The highest BCUT2D eigenvalue weighted by Gasteiger charge is 2.20. The lowest BCUT2D eigenvalue weighted by Crippen LogP contribution is -2.14. The second-order valence-electron chi connectivity index (χ2n) is 6.37. The van der Waals surface area contributed by atoms with Crippen LogP contribution in [0.15, 0.2) is 80.6 Å². The van der Waals surface area contributed by atoms with Crippen molar-refractivity contribution in [3.05, 3.63) is 93.5 Å². The molecule has 144 valence electrons. The van der Waals surface area contributed by atoms with Crippen LogP contribution in [-0.2, 0) is 4.79 Å². The smallest absolute Gasteiger partial charge is 0.336 e. The van der Waals surface area contributed by atoms with E-state index in [0.717, 1.165) is 5.56 Å². The van der Waals surface area contributed by atoms with Gasteiger partial charge in [-0.3, -0.25) is 4.79 Å². The largest absolute Gasteiger partial charge is 0.465 e. The van der Waals surface area contributed by atoms with E-state index < -0.39 is 11.4 Å². The van der Waals surface area contributed by atoms with Crippen molar-refractivity contribution in [2.24, 2.45) is 0 Å². The molecule has 2 aromatic carbocycles. The quantitative estimate of drug-likeness (QED) is 0.324. The van der Waals surface area contributed by atoms with Crippen molar-refractivity contribution < 1.29 is 18.4 Å². The number of carbonyl (C=O) groups excluding carboxylic acids is 1. The van der Waals surface area contributed by atoms with Gasteiger partial charge in [-0.2, -0.15) is 0 Å². The van der Waals surface area contributed by atoms with E-state index in [1.165, 1.54) is 24.5 Å². The maximum atomic E-state index is 13.1. The van der Waals surface area contributed by atoms with Gasteiger partial charge in [-0.1, -0.05) is 41.4 Å². The second kappa shape index (κ2) is 7.81. The average Bonchev–Trinajstić information content (AvgIpc) is 3.23. The van der Waals surface area contributed by atoms with Crippen LogP contribution < -0.4 is 10.2 Å². The molecule has 0 bridgehead atoms. The molecule has 0 saturated carbocycles. The first kappa shape index (κ1) is 18.8. The zero-order valence-corrected chi connectivity index (χ0v) is 16.1. The number of ether oxygens (including phenoxy) is 1. The Bertz CT molecular complexity index is 1270. The van der Waals surface area contributed by atoms with E-state index in [4.69, 9.17) is 25.2 Å². The van der Waals surface area contributed by atoms with Crippen LogP contribution >= 0.6 is 11.6 Å². The minimum atomic E-state index is -0.733. The van der Waals surface area contributed by atoms with Crippen LogP contribution in [0.3, 0.4) is 0 Å². The van der Waals surface area contributed by atoms with Gasteiger partial charge in [0.15, 0.2) is 5.76 Å². The molecule has 4 rings (SSSR count). The maximum absolute atomic E-state index is 13.1. The van der Waals surface area contributed by atoms with Gasteiger partial charge < -0.3 is 13.6 Å². The van der Waals surface area contributed by atoms with Crippen molar-refractivity contribution in [2.75, 3.05) is 0 Å². The molecule has 0 aliphatic carbocycles. The van der Waals surface area contributed by atoms with Crippen LogP contribution in [-0.4, -0.2) is 5.97 Å². The van der Waals surface area contributed by atoms with E-state index in [-0.39, 0.29) is 16.9 Å². The van der Waals surface area contributed by atoms with Gasteiger partial charge in [-0.05, 0) is 43.3 Å². The molecule has 0 atom stereocenters. The number of rotatable bonds is 4. The normalized spacial score (nSPS) is 11.2. The lowest BCUT2D eigenvalue weighted by molar-refractivity contribution is -0.129. The lowest BCUT2D eigenvalue weighted by Gasteiger charge is -2.10. The summed E-state index contributed by atoms with van der Waals surface area (Å²) in [6.07, 6.45) is 4.12. The first-order valence-corrected chi connectivity index (χ1v) is 9.16. The monoisotopic (exact) mass is 406 g/mol. The van der Waals surface area contributed by atoms with Crippen molar-refractivity contribution >= 4 is 34.6 Å². The molecule has 29 heavy (non-hydrogen) atoms. The number of furan rings is 1. The Morgan fingerprint density at radius 1 is 1.10 bits per heavy atom.